The van der Waals surface area contributed by atoms with E-state index in [9.17, 15) is 9.00 Å². The first-order valence-electron chi connectivity index (χ1n) is 7.55. The van der Waals surface area contributed by atoms with Crippen LogP contribution >= 0.6 is 11.3 Å². The molecule has 0 aliphatic carbocycles. The van der Waals surface area contributed by atoms with E-state index in [-0.39, 0.29) is 5.91 Å². The fourth-order valence-electron chi connectivity index (χ4n) is 2.38. The molecule has 1 amide bonds. The van der Waals surface area contributed by atoms with E-state index in [2.05, 4.69) is 5.32 Å². The quantitative estimate of drug-likeness (QED) is 0.418. The van der Waals surface area contributed by atoms with Gasteiger partial charge in [-0.3, -0.25) is 14.1 Å². The van der Waals surface area contributed by atoms with Crippen molar-refractivity contribution in [3.05, 3.63) is 64.9 Å². The van der Waals surface area contributed by atoms with E-state index in [4.69, 9.17) is 10.9 Å². The first-order valence-corrected chi connectivity index (χ1v) is 10.7. The zero-order chi connectivity index (χ0) is 18.0. The lowest BCUT2D eigenvalue weighted by molar-refractivity contribution is 0.102. The van der Waals surface area contributed by atoms with Crippen molar-refractivity contribution in [2.45, 2.75) is 4.90 Å². The van der Waals surface area contributed by atoms with Crippen LogP contribution in [0.4, 0.5) is 11.4 Å². The SMILES string of the molecule is C[SH](N)(=O)c1ccc(C(=O)Nc2cc(-c3ccsc3)ccc2N)cc1. The first kappa shape index (κ1) is 17.3. The standard InChI is InChI=1S/C18H19N3O2S2/c1-25(20,23)15-5-2-12(3-6-15)18(22)21-17-10-13(4-7-16(17)19)14-8-9-24-11-14/h2-11,25H,19H2,1H3,(H2,20,23)(H,21,22). The number of benzene rings is 2. The number of hydrogen-bond acceptors (Lipinski definition) is 4. The Hall–Kier alpha value is -2.48. The van der Waals surface area contributed by atoms with Crippen molar-refractivity contribution in [2.24, 2.45) is 5.14 Å². The van der Waals surface area contributed by atoms with Crippen LogP contribution in [0, 0.1) is 0 Å². The second-order valence-electron chi connectivity index (χ2n) is 5.81. The summed E-state index contributed by atoms with van der Waals surface area (Å²) in [6.07, 6.45) is 1.48. The van der Waals surface area contributed by atoms with Crippen LogP contribution in [0.1, 0.15) is 10.4 Å². The zero-order valence-electron chi connectivity index (χ0n) is 13.6. The lowest BCUT2D eigenvalue weighted by Crippen LogP contribution is -2.21. The molecule has 0 bridgehead atoms. The van der Waals surface area contributed by atoms with Crippen molar-refractivity contribution in [1.82, 2.24) is 0 Å². The summed E-state index contributed by atoms with van der Waals surface area (Å²) in [5.74, 6) is -0.288. The lowest BCUT2D eigenvalue weighted by Gasteiger charge is -2.13. The number of thiol groups is 1. The molecule has 130 valence electrons. The molecular formula is C18H19N3O2S2. The van der Waals surface area contributed by atoms with Crippen molar-refractivity contribution in [1.29, 1.82) is 0 Å². The molecule has 0 aliphatic heterocycles. The largest absolute Gasteiger partial charge is 0.397 e. The van der Waals surface area contributed by atoms with Gasteiger partial charge < -0.3 is 11.1 Å². The molecule has 0 unspecified atom stereocenters. The van der Waals surface area contributed by atoms with Crippen molar-refractivity contribution in [3.8, 4) is 11.1 Å². The summed E-state index contributed by atoms with van der Waals surface area (Å²) in [5.41, 5.74) is 9.53. The first-order chi connectivity index (χ1) is 11.8. The molecule has 3 rings (SSSR count). The van der Waals surface area contributed by atoms with E-state index in [0.717, 1.165) is 11.1 Å². The number of carbonyl (C=O) groups excluding carboxylic acids is 1. The summed E-state index contributed by atoms with van der Waals surface area (Å²) in [6.45, 7) is 0. The minimum Gasteiger partial charge on any atom is -0.397 e. The number of rotatable bonds is 4. The fourth-order valence-corrected chi connectivity index (χ4v) is 3.78. The van der Waals surface area contributed by atoms with Gasteiger partial charge in [0.25, 0.3) is 5.91 Å². The van der Waals surface area contributed by atoms with Gasteiger partial charge in [-0.05, 0) is 74.5 Å². The highest BCUT2D eigenvalue weighted by molar-refractivity contribution is 8.00. The van der Waals surface area contributed by atoms with Gasteiger partial charge in [-0.25, -0.2) is 0 Å². The van der Waals surface area contributed by atoms with Crippen LogP contribution in [0.2, 0.25) is 0 Å². The van der Waals surface area contributed by atoms with Gasteiger partial charge >= 0.3 is 0 Å². The zero-order valence-corrected chi connectivity index (χ0v) is 15.3. The number of hydrogen-bond donors (Lipinski definition) is 4. The second kappa shape index (κ2) is 6.79. The van der Waals surface area contributed by atoms with E-state index in [1.807, 2.05) is 29.0 Å². The van der Waals surface area contributed by atoms with E-state index in [0.29, 0.717) is 21.8 Å². The molecule has 1 heterocycles. The maximum atomic E-state index is 12.5. The number of anilines is 2. The van der Waals surface area contributed by atoms with Crippen LogP contribution in [0.5, 0.6) is 0 Å². The maximum Gasteiger partial charge on any atom is 0.255 e. The van der Waals surface area contributed by atoms with Crippen LogP contribution < -0.4 is 16.2 Å². The minimum atomic E-state index is -2.83. The van der Waals surface area contributed by atoms with Gasteiger partial charge in [-0.1, -0.05) is 6.07 Å². The smallest absolute Gasteiger partial charge is 0.255 e. The molecule has 1 aromatic heterocycles. The third-order valence-electron chi connectivity index (χ3n) is 3.80. The van der Waals surface area contributed by atoms with Gasteiger partial charge in [0.2, 0.25) is 0 Å². The Labute approximate surface area is 151 Å². The number of nitrogens with two attached hydrogens (primary N) is 2. The van der Waals surface area contributed by atoms with Gasteiger partial charge in [0.1, 0.15) is 0 Å². The summed E-state index contributed by atoms with van der Waals surface area (Å²) in [4.78, 5) is 13.0. The molecule has 5 nitrogen and oxygen atoms in total. The molecule has 5 N–H and O–H groups in total. The molecule has 0 aliphatic rings. The predicted octanol–water partition coefficient (Wildman–Crippen LogP) is 3.13. The summed E-state index contributed by atoms with van der Waals surface area (Å²) < 4.78 is 11.8. The van der Waals surface area contributed by atoms with E-state index in [1.54, 1.807) is 41.7 Å². The Morgan fingerprint density at radius 3 is 2.40 bits per heavy atom. The minimum absolute atomic E-state index is 0.288. The molecule has 0 saturated carbocycles. The van der Waals surface area contributed by atoms with Crippen LogP contribution in [-0.2, 0) is 10.1 Å². The average molecular weight is 374 g/mol. The van der Waals surface area contributed by atoms with Gasteiger partial charge in [0.15, 0.2) is 0 Å². The molecule has 2 aromatic carbocycles. The van der Waals surface area contributed by atoms with Crippen molar-refractivity contribution in [3.63, 3.8) is 0 Å². The number of carbonyl (C=O) groups is 1. The molecule has 0 saturated heterocycles. The van der Waals surface area contributed by atoms with Gasteiger partial charge in [0, 0.05) is 16.7 Å². The Balaban J connectivity index is 1.83. The highest BCUT2D eigenvalue weighted by Crippen LogP contribution is 2.29. The molecule has 0 spiro atoms. The highest BCUT2D eigenvalue weighted by atomic mass is 32.3. The monoisotopic (exact) mass is 373 g/mol. The van der Waals surface area contributed by atoms with E-state index < -0.39 is 10.1 Å². The number of thiophene rings is 1. The Bertz CT molecular complexity index is 945. The van der Waals surface area contributed by atoms with Crippen LogP contribution in [-0.4, -0.2) is 16.4 Å². The summed E-state index contributed by atoms with van der Waals surface area (Å²) in [5, 5.41) is 12.5. The molecular weight excluding hydrogens is 354 g/mol. The predicted molar refractivity (Wildman–Crippen MR) is 106 cm³/mol. The highest BCUT2D eigenvalue weighted by Gasteiger charge is 2.11. The van der Waals surface area contributed by atoms with E-state index >= 15 is 0 Å². The molecule has 0 fully saturated rings. The molecule has 0 radical (unpaired) electrons. The average Bonchev–Trinajstić information content (AvgIpc) is 3.10. The van der Waals surface area contributed by atoms with Gasteiger partial charge in [-0.15, -0.1) is 0 Å². The third-order valence-corrected chi connectivity index (χ3v) is 5.80. The third kappa shape index (κ3) is 3.96. The second-order valence-corrected chi connectivity index (χ2v) is 9.08. The molecule has 3 aromatic rings. The Morgan fingerprint density at radius 2 is 1.80 bits per heavy atom. The summed E-state index contributed by atoms with van der Waals surface area (Å²) >= 11 is 1.61. The lowest BCUT2D eigenvalue weighted by atomic mass is 10.1. The van der Waals surface area contributed by atoms with Crippen LogP contribution in [0.3, 0.4) is 0 Å². The number of amides is 1. The maximum absolute atomic E-state index is 12.5. The Morgan fingerprint density at radius 1 is 1.08 bits per heavy atom. The Kier molecular flexibility index (Phi) is 4.71. The summed E-state index contributed by atoms with van der Waals surface area (Å²) in [7, 11) is -2.83. The number of nitrogens with one attached hydrogen (secondary N) is 1. The normalized spacial score (nSPS) is 11.9. The van der Waals surface area contributed by atoms with Crippen LogP contribution in [0.25, 0.3) is 11.1 Å². The van der Waals surface area contributed by atoms with Crippen molar-refractivity contribution >= 4 is 38.7 Å². The fraction of sp³-hybridized carbons (Fsp3) is 0.0556. The number of nitrogen functional groups attached to an aromatic ring is 1. The summed E-state index contributed by atoms with van der Waals surface area (Å²) in [6, 6.07) is 14.0. The van der Waals surface area contributed by atoms with Gasteiger partial charge in [0.05, 0.1) is 11.4 Å². The van der Waals surface area contributed by atoms with Gasteiger partial charge in [-0.2, -0.15) is 11.3 Å². The van der Waals surface area contributed by atoms with Crippen molar-refractivity contribution < 1.29 is 9.00 Å². The van der Waals surface area contributed by atoms with Crippen LogP contribution in [0.15, 0.2) is 64.2 Å². The molecule has 25 heavy (non-hydrogen) atoms. The van der Waals surface area contributed by atoms with Crippen molar-refractivity contribution in [2.75, 3.05) is 17.3 Å². The van der Waals surface area contributed by atoms with E-state index in [1.165, 1.54) is 6.26 Å². The molecule has 7 heteroatoms. The topological polar surface area (TPSA) is 98.2 Å². The molecule has 0 atom stereocenters.